The lowest BCUT2D eigenvalue weighted by Crippen LogP contribution is -2.24. The predicted octanol–water partition coefficient (Wildman–Crippen LogP) is 2.95. The third-order valence-electron chi connectivity index (χ3n) is 2.77. The second kappa shape index (κ2) is 5.40. The zero-order valence-electron chi connectivity index (χ0n) is 9.45. The third-order valence-corrected chi connectivity index (χ3v) is 3.88. The Labute approximate surface area is 117 Å². The SMILES string of the molecule is COc1ccc(Br)cc1CN1CC(Br)CC1=O. The molecule has 0 spiro atoms. The summed E-state index contributed by atoms with van der Waals surface area (Å²) in [6.07, 6.45) is 0.580. The van der Waals surface area contributed by atoms with Crippen molar-refractivity contribution in [3.8, 4) is 5.75 Å². The van der Waals surface area contributed by atoms with E-state index in [4.69, 9.17) is 4.74 Å². The van der Waals surface area contributed by atoms with Crippen LogP contribution >= 0.6 is 31.9 Å². The fraction of sp³-hybridized carbons (Fsp3) is 0.417. The molecule has 0 aromatic heterocycles. The Morgan fingerprint density at radius 2 is 2.29 bits per heavy atom. The molecule has 1 aromatic rings. The number of hydrogen-bond donors (Lipinski definition) is 0. The summed E-state index contributed by atoms with van der Waals surface area (Å²) in [5.41, 5.74) is 1.02. The summed E-state index contributed by atoms with van der Waals surface area (Å²) in [7, 11) is 1.64. The lowest BCUT2D eigenvalue weighted by Gasteiger charge is -2.18. The first-order chi connectivity index (χ1) is 8.10. The zero-order valence-corrected chi connectivity index (χ0v) is 12.6. The smallest absolute Gasteiger partial charge is 0.224 e. The number of ether oxygens (including phenoxy) is 1. The van der Waals surface area contributed by atoms with Crippen LogP contribution in [0.1, 0.15) is 12.0 Å². The quantitative estimate of drug-likeness (QED) is 0.773. The molecule has 1 aliphatic rings. The molecule has 1 heterocycles. The highest BCUT2D eigenvalue weighted by molar-refractivity contribution is 9.10. The maximum Gasteiger partial charge on any atom is 0.224 e. The van der Waals surface area contributed by atoms with Crippen molar-refractivity contribution in [2.24, 2.45) is 0 Å². The number of nitrogens with zero attached hydrogens (tertiary/aromatic N) is 1. The van der Waals surface area contributed by atoms with E-state index in [1.165, 1.54) is 0 Å². The second-order valence-electron chi connectivity index (χ2n) is 4.03. The van der Waals surface area contributed by atoms with E-state index in [2.05, 4.69) is 31.9 Å². The molecule has 5 heteroatoms. The van der Waals surface area contributed by atoms with Gasteiger partial charge in [-0.25, -0.2) is 0 Å². The molecule has 0 N–H and O–H groups in total. The highest BCUT2D eigenvalue weighted by Gasteiger charge is 2.28. The van der Waals surface area contributed by atoms with Crippen molar-refractivity contribution in [2.45, 2.75) is 17.8 Å². The number of amides is 1. The van der Waals surface area contributed by atoms with Gasteiger partial charge in [-0.1, -0.05) is 31.9 Å². The molecule has 3 nitrogen and oxygen atoms in total. The number of likely N-dealkylation sites (tertiary alicyclic amines) is 1. The van der Waals surface area contributed by atoms with Gasteiger partial charge in [0.2, 0.25) is 5.91 Å². The summed E-state index contributed by atoms with van der Waals surface area (Å²) in [4.78, 5) is 13.8. The predicted molar refractivity (Wildman–Crippen MR) is 73.4 cm³/mol. The van der Waals surface area contributed by atoms with Crippen LogP contribution in [0.4, 0.5) is 0 Å². The first-order valence-corrected chi connectivity index (χ1v) is 7.05. The zero-order chi connectivity index (χ0) is 12.4. The number of methoxy groups -OCH3 is 1. The Morgan fingerprint density at radius 1 is 1.53 bits per heavy atom. The van der Waals surface area contributed by atoms with E-state index in [1.54, 1.807) is 7.11 Å². The van der Waals surface area contributed by atoms with Crippen LogP contribution in [-0.4, -0.2) is 29.3 Å². The molecule has 0 aliphatic carbocycles. The van der Waals surface area contributed by atoms with Gasteiger partial charge in [-0.05, 0) is 18.2 Å². The van der Waals surface area contributed by atoms with Crippen molar-refractivity contribution < 1.29 is 9.53 Å². The number of carbonyl (C=O) groups is 1. The maximum atomic E-state index is 11.7. The monoisotopic (exact) mass is 361 g/mol. The molecule has 1 saturated heterocycles. The molecule has 1 fully saturated rings. The number of hydrogen-bond acceptors (Lipinski definition) is 2. The van der Waals surface area contributed by atoms with E-state index in [0.717, 1.165) is 22.3 Å². The Hall–Kier alpha value is -0.550. The van der Waals surface area contributed by atoms with Crippen molar-refractivity contribution in [3.05, 3.63) is 28.2 Å². The van der Waals surface area contributed by atoms with E-state index >= 15 is 0 Å². The Morgan fingerprint density at radius 3 is 2.88 bits per heavy atom. The van der Waals surface area contributed by atoms with Gasteiger partial charge >= 0.3 is 0 Å². The first kappa shape index (κ1) is 12.9. The highest BCUT2D eigenvalue weighted by Crippen LogP contribution is 2.27. The van der Waals surface area contributed by atoms with Crippen molar-refractivity contribution in [1.82, 2.24) is 4.90 Å². The van der Waals surface area contributed by atoms with Crippen LogP contribution in [0, 0.1) is 0 Å². The molecule has 1 aromatic carbocycles. The van der Waals surface area contributed by atoms with E-state index in [1.807, 2.05) is 23.1 Å². The fourth-order valence-electron chi connectivity index (χ4n) is 1.95. The van der Waals surface area contributed by atoms with Crippen molar-refractivity contribution in [3.63, 3.8) is 0 Å². The van der Waals surface area contributed by atoms with Crippen LogP contribution in [0.25, 0.3) is 0 Å². The molecule has 92 valence electrons. The summed E-state index contributed by atoms with van der Waals surface area (Å²) in [5.74, 6) is 1.01. The lowest BCUT2D eigenvalue weighted by molar-refractivity contribution is -0.128. The summed E-state index contributed by atoms with van der Waals surface area (Å²) in [6.45, 7) is 1.36. The van der Waals surface area contributed by atoms with Crippen molar-refractivity contribution in [2.75, 3.05) is 13.7 Å². The second-order valence-corrected chi connectivity index (χ2v) is 6.24. The highest BCUT2D eigenvalue weighted by atomic mass is 79.9. The summed E-state index contributed by atoms with van der Waals surface area (Å²) < 4.78 is 6.30. The summed E-state index contributed by atoms with van der Waals surface area (Å²) >= 11 is 6.91. The number of alkyl halides is 1. The number of carbonyl (C=O) groups excluding carboxylic acids is 1. The van der Waals surface area contributed by atoms with Gasteiger partial charge in [0, 0.05) is 34.4 Å². The summed E-state index contributed by atoms with van der Waals surface area (Å²) in [5, 5.41) is 0. The normalized spacial score (nSPS) is 19.8. The molecule has 1 unspecified atom stereocenters. The van der Waals surface area contributed by atoms with E-state index in [-0.39, 0.29) is 10.7 Å². The van der Waals surface area contributed by atoms with Crippen LogP contribution in [0.5, 0.6) is 5.75 Å². The van der Waals surface area contributed by atoms with Crippen LogP contribution in [0.15, 0.2) is 22.7 Å². The largest absolute Gasteiger partial charge is 0.496 e. The molecule has 2 rings (SSSR count). The minimum Gasteiger partial charge on any atom is -0.496 e. The molecule has 0 bridgehead atoms. The first-order valence-electron chi connectivity index (χ1n) is 5.34. The number of halogens is 2. The van der Waals surface area contributed by atoms with Gasteiger partial charge in [0.25, 0.3) is 0 Å². The minimum absolute atomic E-state index is 0.189. The molecular formula is C12H13Br2NO2. The number of benzene rings is 1. The molecule has 1 atom stereocenters. The molecule has 0 radical (unpaired) electrons. The van der Waals surface area contributed by atoms with Gasteiger partial charge in [-0.3, -0.25) is 4.79 Å². The van der Waals surface area contributed by atoms with Gasteiger partial charge in [0.1, 0.15) is 5.75 Å². The van der Waals surface area contributed by atoms with Gasteiger partial charge < -0.3 is 9.64 Å². The maximum absolute atomic E-state index is 11.7. The molecule has 1 aliphatic heterocycles. The average molecular weight is 363 g/mol. The van der Waals surface area contributed by atoms with Gasteiger partial charge in [-0.15, -0.1) is 0 Å². The Kier molecular flexibility index (Phi) is 4.09. The van der Waals surface area contributed by atoms with Gasteiger partial charge in [-0.2, -0.15) is 0 Å². The Bertz CT molecular complexity index is 437. The minimum atomic E-state index is 0.189. The van der Waals surface area contributed by atoms with Crippen LogP contribution < -0.4 is 4.74 Å². The molecule has 1 amide bonds. The van der Waals surface area contributed by atoms with E-state index in [0.29, 0.717) is 13.0 Å². The van der Waals surface area contributed by atoms with E-state index in [9.17, 15) is 4.79 Å². The number of rotatable bonds is 3. The lowest BCUT2D eigenvalue weighted by atomic mass is 10.2. The third kappa shape index (κ3) is 3.01. The van der Waals surface area contributed by atoms with Crippen molar-refractivity contribution >= 4 is 37.8 Å². The molecule has 0 saturated carbocycles. The van der Waals surface area contributed by atoms with E-state index < -0.39 is 0 Å². The van der Waals surface area contributed by atoms with Crippen LogP contribution in [0.3, 0.4) is 0 Å². The Balaban J connectivity index is 2.18. The topological polar surface area (TPSA) is 29.5 Å². The van der Waals surface area contributed by atoms with Crippen LogP contribution in [0.2, 0.25) is 0 Å². The molecule has 17 heavy (non-hydrogen) atoms. The fourth-order valence-corrected chi connectivity index (χ4v) is 2.99. The average Bonchev–Trinajstić information content (AvgIpc) is 2.58. The molecular weight excluding hydrogens is 350 g/mol. The van der Waals surface area contributed by atoms with Crippen molar-refractivity contribution in [1.29, 1.82) is 0 Å². The standard InChI is InChI=1S/C12H13Br2NO2/c1-17-11-3-2-9(13)4-8(11)6-15-7-10(14)5-12(15)16/h2-4,10H,5-7H2,1H3. The summed E-state index contributed by atoms with van der Waals surface area (Å²) in [6, 6.07) is 5.83. The van der Waals surface area contributed by atoms with Gasteiger partial charge in [0.05, 0.1) is 7.11 Å². The van der Waals surface area contributed by atoms with Gasteiger partial charge in [0.15, 0.2) is 0 Å². The van der Waals surface area contributed by atoms with Crippen LogP contribution in [-0.2, 0) is 11.3 Å².